The highest BCUT2D eigenvalue weighted by molar-refractivity contribution is 5.84. The lowest BCUT2D eigenvalue weighted by Crippen LogP contribution is -1.97. The number of benzene rings is 1. The average Bonchev–Trinajstić information content (AvgIpc) is 2.33. The molecular weight excluding hydrogens is 216 g/mol. The van der Waals surface area contributed by atoms with Crippen molar-refractivity contribution < 1.29 is 5.11 Å². The molecule has 5 nitrogen and oxygen atoms in total. The maximum Gasteiger partial charge on any atom is 0.174 e. The molecule has 0 amide bonds. The molecule has 17 heavy (non-hydrogen) atoms. The molecule has 1 aromatic carbocycles. The van der Waals surface area contributed by atoms with E-state index >= 15 is 0 Å². The molecule has 84 valence electrons. The van der Waals surface area contributed by atoms with Crippen molar-refractivity contribution in [2.24, 2.45) is 10.7 Å². The fourth-order valence-corrected chi connectivity index (χ4v) is 1.12. The third kappa shape index (κ3) is 3.08. The van der Waals surface area contributed by atoms with E-state index in [1.165, 1.54) is 12.3 Å². The van der Waals surface area contributed by atoms with Crippen LogP contribution >= 0.6 is 0 Å². The first-order valence-corrected chi connectivity index (χ1v) is 4.72. The maximum atomic E-state index is 9.53. The van der Waals surface area contributed by atoms with Gasteiger partial charge >= 0.3 is 0 Å². The van der Waals surface area contributed by atoms with E-state index in [4.69, 9.17) is 16.3 Å². The molecule has 3 N–H and O–H groups in total. The Bertz CT molecular complexity index is 573. The van der Waals surface area contributed by atoms with Crippen molar-refractivity contribution in [2.75, 3.05) is 0 Å². The third-order valence-electron chi connectivity index (χ3n) is 2.00. The number of hydrogen-bond acceptors (Lipinski definition) is 5. The van der Waals surface area contributed by atoms with Gasteiger partial charge in [0.1, 0.15) is 23.6 Å². The number of nitriles is 2. The van der Waals surface area contributed by atoms with Crippen LogP contribution in [0.15, 0.2) is 34.6 Å². The number of phenolic OH excluding ortho intramolecular Hbond substituents is 1. The van der Waals surface area contributed by atoms with E-state index in [1.807, 2.05) is 6.92 Å². The summed E-state index contributed by atoms with van der Waals surface area (Å²) in [5, 5.41) is 26.8. The summed E-state index contributed by atoms with van der Waals surface area (Å²) in [7, 11) is 0. The van der Waals surface area contributed by atoms with E-state index < -0.39 is 0 Å². The lowest BCUT2D eigenvalue weighted by atomic mass is 10.1. The number of aryl methyl sites for hydroxylation is 1. The summed E-state index contributed by atoms with van der Waals surface area (Å²) in [5.74, 6) is 0.0483. The first kappa shape index (κ1) is 12.3. The van der Waals surface area contributed by atoms with Crippen molar-refractivity contribution in [3.05, 3.63) is 40.7 Å². The Morgan fingerprint density at radius 2 is 2.12 bits per heavy atom. The zero-order valence-electron chi connectivity index (χ0n) is 9.18. The molecule has 0 fully saturated rings. The van der Waals surface area contributed by atoms with Gasteiger partial charge in [0.05, 0.1) is 0 Å². The number of aromatic hydroxyl groups is 1. The van der Waals surface area contributed by atoms with Crippen LogP contribution in [-0.4, -0.2) is 11.3 Å². The number of aliphatic imine (C=N–C) groups is 1. The lowest BCUT2D eigenvalue weighted by Gasteiger charge is -1.99. The van der Waals surface area contributed by atoms with Crippen LogP contribution in [0.4, 0.5) is 0 Å². The van der Waals surface area contributed by atoms with Gasteiger partial charge in [0.25, 0.3) is 0 Å². The molecular formula is C12H10N4O. The molecule has 5 heteroatoms. The Hall–Kier alpha value is -2.79. The minimum atomic E-state index is -0.254. The molecule has 0 spiro atoms. The molecule has 0 unspecified atom stereocenters. The third-order valence-corrected chi connectivity index (χ3v) is 2.00. The summed E-state index contributed by atoms with van der Waals surface area (Å²) in [5.41, 5.74) is 6.26. The quantitative estimate of drug-likeness (QED) is 0.586. The number of nitrogens with two attached hydrogens (primary N) is 1. The first-order chi connectivity index (χ1) is 8.08. The molecule has 0 aliphatic carbocycles. The molecule has 1 aromatic rings. The topological polar surface area (TPSA) is 106 Å². The van der Waals surface area contributed by atoms with Gasteiger partial charge in [-0.25, -0.2) is 4.99 Å². The van der Waals surface area contributed by atoms with Gasteiger partial charge in [0, 0.05) is 11.8 Å². The highest BCUT2D eigenvalue weighted by Gasteiger charge is 2.01. The van der Waals surface area contributed by atoms with E-state index in [1.54, 1.807) is 24.3 Å². The minimum Gasteiger partial charge on any atom is -0.507 e. The van der Waals surface area contributed by atoms with Gasteiger partial charge in [0.15, 0.2) is 5.70 Å². The van der Waals surface area contributed by atoms with Gasteiger partial charge in [-0.3, -0.25) is 0 Å². The Kier molecular flexibility index (Phi) is 3.86. The number of nitrogens with zero attached hydrogens (tertiary/aromatic N) is 3. The smallest absolute Gasteiger partial charge is 0.174 e. The number of rotatable bonds is 2. The average molecular weight is 226 g/mol. The van der Waals surface area contributed by atoms with Crippen molar-refractivity contribution >= 4 is 6.21 Å². The van der Waals surface area contributed by atoms with Gasteiger partial charge in [-0.2, -0.15) is 10.5 Å². The predicted octanol–water partition coefficient (Wildman–Crippen LogP) is 1.34. The fraction of sp³-hybridized carbons (Fsp3) is 0.0833. The van der Waals surface area contributed by atoms with Crippen LogP contribution in [0.1, 0.15) is 11.1 Å². The maximum absolute atomic E-state index is 9.53. The van der Waals surface area contributed by atoms with Gasteiger partial charge in [-0.05, 0) is 19.1 Å². The SMILES string of the molecule is Cc1ccc(O)c(C=N/C(C#N)=C(\N)C#N)c1. The predicted molar refractivity (Wildman–Crippen MR) is 62.9 cm³/mol. The molecule has 1 rings (SSSR count). The molecule has 0 radical (unpaired) electrons. The van der Waals surface area contributed by atoms with Crippen LogP contribution in [0.5, 0.6) is 5.75 Å². The molecule has 0 saturated carbocycles. The van der Waals surface area contributed by atoms with Gasteiger partial charge < -0.3 is 10.8 Å². The van der Waals surface area contributed by atoms with Crippen LogP contribution in [0.3, 0.4) is 0 Å². The van der Waals surface area contributed by atoms with Gasteiger partial charge in [-0.15, -0.1) is 0 Å². The van der Waals surface area contributed by atoms with E-state index in [0.29, 0.717) is 5.56 Å². The van der Waals surface area contributed by atoms with Crippen LogP contribution in [-0.2, 0) is 0 Å². The zero-order valence-corrected chi connectivity index (χ0v) is 9.18. The number of allylic oxidation sites excluding steroid dienone is 2. The summed E-state index contributed by atoms with van der Waals surface area (Å²) in [6.07, 6.45) is 1.30. The van der Waals surface area contributed by atoms with Crippen molar-refractivity contribution in [1.82, 2.24) is 0 Å². The van der Waals surface area contributed by atoms with Crippen molar-refractivity contribution in [1.29, 1.82) is 10.5 Å². The standard InChI is InChI=1S/C12H10N4O/c1-8-2-3-12(17)9(4-8)7-16-11(6-14)10(15)5-13/h2-4,7,17H,15H2,1H3/b11-10-,16-7?. The largest absolute Gasteiger partial charge is 0.507 e. The lowest BCUT2D eigenvalue weighted by molar-refractivity contribution is 0.474. The number of phenols is 1. The van der Waals surface area contributed by atoms with Crippen LogP contribution in [0, 0.1) is 29.6 Å². The Morgan fingerprint density at radius 1 is 1.41 bits per heavy atom. The fourth-order valence-electron chi connectivity index (χ4n) is 1.12. The molecule has 0 aliphatic heterocycles. The minimum absolute atomic E-state index is 0.0483. The van der Waals surface area contributed by atoms with Crippen molar-refractivity contribution in [2.45, 2.75) is 6.92 Å². The molecule has 0 heterocycles. The second-order valence-electron chi connectivity index (χ2n) is 3.31. The van der Waals surface area contributed by atoms with Crippen molar-refractivity contribution in [3.8, 4) is 17.9 Å². The van der Waals surface area contributed by atoms with Gasteiger partial charge in [0.2, 0.25) is 0 Å². The highest BCUT2D eigenvalue weighted by Crippen LogP contribution is 2.16. The van der Waals surface area contributed by atoms with Crippen molar-refractivity contribution in [3.63, 3.8) is 0 Å². The van der Waals surface area contributed by atoms with E-state index in [0.717, 1.165) is 5.56 Å². The van der Waals surface area contributed by atoms with E-state index in [9.17, 15) is 5.11 Å². The van der Waals surface area contributed by atoms with Crippen LogP contribution < -0.4 is 5.73 Å². The summed E-state index contributed by atoms with van der Waals surface area (Å²) in [4.78, 5) is 3.77. The second-order valence-corrected chi connectivity index (χ2v) is 3.31. The normalized spacial score (nSPS) is 11.7. The molecule has 0 atom stereocenters. The van der Waals surface area contributed by atoms with E-state index in [2.05, 4.69) is 4.99 Å². The molecule has 0 saturated heterocycles. The van der Waals surface area contributed by atoms with E-state index in [-0.39, 0.29) is 17.1 Å². The zero-order chi connectivity index (χ0) is 12.8. The summed E-state index contributed by atoms with van der Waals surface area (Å²) < 4.78 is 0. The second kappa shape index (κ2) is 5.34. The Morgan fingerprint density at radius 3 is 2.71 bits per heavy atom. The summed E-state index contributed by atoms with van der Waals surface area (Å²) in [6.45, 7) is 1.86. The first-order valence-electron chi connectivity index (χ1n) is 4.72. The van der Waals surface area contributed by atoms with Crippen LogP contribution in [0.2, 0.25) is 0 Å². The number of hydrogen-bond donors (Lipinski definition) is 2. The highest BCUT2D eigenvalue weighted by atomic mass is 16.3. The Balaban J connectivity index is 3.12. The molecule has 0 bridgehead atoms. The van der Waals surface area contributed by atoms with Gasteiger partial charge in [-0.1, -0.05) is 11.6 Å². The van der Waals surface area contributed by atoms with Crippen LogP contribution in [0.25, 0.3) is 0 Å². The molecule has 0 aromatic heterocycles. The summed E-state index contributed by atoms with van der Waals surface area (Å²) in [6, 6.07) is 8.33. The molecule has 0 aliphatic rings. The summed E-state index contributed by atoms with van der Waals surface area (Å²) >= 11 is 0. The monoisotopic (exact) mass is 226 g/mol. The Labute approximate surface area is 98.7 Å².